The number of rotatable bonds is 3. The summed E-state index contributed by atoms with van der Waals surface area (Å²) in [6.07, 6.45) is 0. The smallest absolute Gasteiger partial charge is 0.267 e. The van der Waals surface area contributed by atoms with Crippen LogP contribution in [0.4, 0.5) is 5.95 Å². The van der Waals surface area contributed by atoms with Crippen LogP contribution in [0.2, 0.25) is 0 Å². The van der Waals surface area contributed by atoms with Crippen molar-refractivity contribution in [2.45, 2.75) is 32.9 Å². The van der Waals surface area contributed by atoms with Crippen LogP contribution >= 0.6 is 0 Å². The highest BCUT2D eigenvalue weighted by atomic mass is 16.5. The van der Waals surface area contributed by atoms with Crippen molar-refractivity contribution in [1.29, 1.82) is 0 Å². The number of aryl methyl sites for hydroxylation is 3. The minimum absolute atomic E-state index is 0.0896. The number of anilines is 1. The largest absolute Gasteiger partial charge is 0.377 e. The molecule has 1 N–H and O–H groups in total. The molecule has 1 aliphatic rings. The fourth-order valence-corrected chi connectivity index (χ4v) is 2.64. The van der Waals surface area contributed by atoms with Crippen LogP contribution in [0.3, 0.4) is 0 Å². The number of nitrogens with zero attached hydrogens (tertiary/aromatic N) is 4. The molecule has 0 amide bonds. The van der Waals surface area contributed by atoms with Gasteiger partial charge in [0.15, 0.2) is 0 Å². The highest BCUT2D eigenvalue weighted by Crippen LogP contribution is 2.20. The van der Waals surface area contributed by atoms with E-state index in [9.17, 15) is 4.79 Å². The second-order valence-corrected chi connectivity index (χ2v) is 5.59. The summed E-state index contributed by atoms with van der Waals surface area (Å²) in [6, 6.07) is 4.90. The minimum Gasteiger partial charge on any atom is -0.377 e. The fourth-order valence-electron chi connectivity index (χ4n) is 2.64. The third kappa shape index (κ3) is 2.99. The van der Waals surface area contributed by atoms with Gasteiger partial charge < -0.3 is 10.1 Å². The van der Waals surface area contributed by atoms with Gasteiger partial charge in [-0.3, -0.25) is 4.79 Å². The first-order valence-electron chi connectivity index (χ1n) is 7.26. The third-order valence-corrected chi connectivity index (χ3v) is 3.62. The standard InChI is InChI=1S/C15H19N5O2/c1-9-4-5-14(21)20(19-9)13-8-22-7-12(13)18-15-16-10(2)6-11(3)17-15/h4-6,12-13H,7-8H2,1-3H3,(H,16,17,18). The van der Waals surface area contributed by atoms with Crippen molar-refractivity contribution in [1.82, 2.24) is 19.7 Å². The van der Waals surface area contributed by atoms with E-state index in [2.05, 4.69) is 20.4 Å². The Morgan fingerprint density at radius 1 is 1.14 bits per heavy atom. The molecule has 0 aliphatic carbocycles. The summed E-state index contributed by atoms with van der Waals surface area (Å²) in [6.45, 7) is 6.65. The molecule has 0 aromatic carbocycles. The molecule has 1 fully saturated rings. The van der Waals surface area contributed by atoms with E-state index in [1.807, 2.05) is 26.8 Å². The van der Waals surface area contributed by atoms with Crippen LogP contribution in [-0.2, 0) is 4.74 Å². The van der Waals surface area contributed by atoms with Gasteiger partial charge in [-0.1, -0.05) is 0 Å². The summed E-state index contributed by atoms with van der Waals surface area (Å²) < 4.78 is 7.02. The summed E-state index contributed by atoms with van der Waals surface area (Å²) in [5.74, 6) is 0.554. The Balaban J connectivity index is 1.87. The molecule has 0 saturated carbocycles. The zero-order valence-electron chi connectivity index (χ0n) is 12.9. The molecule has 2 atom stereocenters. The van der Waals surface area contributed by atoms with Crippen molar-refractivity contribution in [2.24, 2.45) is 0 Å². The van der Waals surface area contributed by atoms with Crippen molar-refractivity contribution in [3.8, 4) is 0 Å². The summed E-state index contributed by atoms with van der Waals surface area (Å²) in [4.78, 5) is 20.8. The van der Waals surface area contributed by atoms with Crippen LogP contribution in [-0.4, -0.2) is 39.0 Å². The summed E-state index contributed by atoms with van der Waals surface area (Å²) in [5.41, 5.74) is 2.47. The van der Waals surface area contributed by atoms with Gasteiger partial charge in [-0.05, 0) is 32.9 Å². The maximum Gasteiger partial charge on any atom is 0.267 e. The molecule has 3 heterocycles. The molecule has 0 spiro atoms. The first-order valence-corrected chi connectivity index (χ1v) is 7.26. The van der Waals surface area contributed by atoms with Crippen LogP contribution in [0.25, 0.3) is 0 Å². The molecule has 1 saturated heterocycles. The third-order valence-electron chi connectivity index (χ3n) is 3.62. The van der Waals surface area contributed by atoms with Crippen LogP contribution < -0.4 is 10.9 Å². The SMILES string of the molecule is Cc1cc(C)nc(NC2COCC2n2nc(C)ccc2=O)n1. The second kappa shape index (κ2) is 5.84. The molecule has 3 rings (SSSR count). The maximum absolute atomic E-state index is 12.1. The number of aromatic nitrogens is 4. The molecule has 2 aromatic heterocycles. The second-order valence-electron chi connectivity index (χ2n) is 5.59. The molecule has 0 bridgehead atoms. The first-order chi connectivity index (χ1) is 10.5. The molecule has 0 radical (unpaired) electrons. The molecule has 116 valence electrons. The van der Waals surface area contributed by atoms with Crippen molar-refractivity contribution in [2.75, 3.05) is 18.5 Å². The lowest BCUT2D eigenvalue weighted by molar-refractivity contribution is 0.182. The Labute approximate surface area is 128 Å². The van der Waals surface area contributed by atoms with Crippen LogP contribution in [0.15, 0.2) is 23.0 Å². The van der Waals surface area contributed by atoms with E-state index in [1.165, 1.54) is 10.7 Å². The van der Waals surface area contributed by atoms with Gasteiger partial charge in [-0.25, -0.2) is 14.6 Å². The van der Waals surface area contributed by atoms with Gasteiger partial charge in [0.1, 0.15) is 6.04 Å². The summed E-state index contributed by atoms with van der Waals surface area (Å²) >= 11 is 0. The van der Waals surface area contributed by atoms with E-state index in [0.29, 0.717) is 19.2 Å². The van der Waals surface area contributed by atoms with Crippen molar-refractivity contribution >= 4 is 5.95 Å². The average molecular weight is 301 g/mol. The van der Waals surface area contributed by atoms with Gasteiger partial charge in [-0.15, -0.1) is 0 Å². The quantitative estimate of drug-likeness (QED) is 0.911. The van der Waals surface area contributed by atoms with Crippen LogP contribution in [0.5, 0.6) is 0 Å². The van der Waals surface area contributed by atoms with Crippen molar-refractivity contribution < 1.29 is 4.74 Å². The minimum atomic E-state index is -0.170. The topological polar surface area (TPSA) is 81.9 Å². The zero-order valence-corrected chi connectivity index (χ0v) is 12.9. The molecule has 7 heteroatoms. The van der Waals surface area contributed by atoms with E-state index < -0.39 is 0 Å². The van der Waals surface area contributed by atoms with E-state index in [4.69, 9.17) is 4.74 Å². The fraction of sp³-hybridized carbons (Fsp3) is 0.467. The molecule has 1 aliphatic heterocycles. The highest BCUT2D eigenvalue weighted by Gasteiger charge is 2.32. The van der Waals surface area contributed by atoms with E-state index in [-0.39, 0.29) is 17.6 Å². The number of ether oxygens (including phenoxy) is 1. The van der Waals surface area contributed by atoms with Crippen LogP contribution in [0.1, 0.15) is 23.1 Å². The van der Waals surface area contributed by atoms with E-state index in [1.54, 1.807) is 6.07 Å². The van der Waals surface area contributed by atoms with Gasteiger partial charge in [0.25, 0.3) is 5.56 Å². The van der Waals surface area contributed by atoms with Crippen molar-refractivity contribution in [3.05, 3.63) is 45.6 Å². The number of hydrogen-bond donors (Lipinski definition) is 1. The van der Waals surface area contributed by atoms with Gasteiger partial charge in [-0.2, -0.15) is 5.10 Å². The van der Waals surface area contributed by atoms with Crippen molar-refractivity contribution in [3.63, 3.8) is 0 Å². The molecular weight excluding hydrogens is 282 g/mol. The Morgan fingerprint density at radius 2 is 1.86 bits per heavy atom. The van der Waals surface area contributed by atoms with E-state index >= 15 is 0 Å². The van der Waals surface area contributed by atoms with Gasteiger partial charge >= 0.3 is 0 Å². The van der Waals surface area contributed by atoms with Gasteiger partial charge in [0.05, 0.1) is 24.9 Å². The summed E-state index contributed by atoms with van der Waals surface area (Å²) in [5, 5.41) is 7.60. The van der Waals surface area contributed by atoms with Gasteiger partial charge in [0, 0.05) is 17.5 Å². The molecule has 2 unspecified atom stereocenters. The lowest BCUT2D eigenvalue weighted by Crippen LogP contribution is -2.37. The number of hydrogen-bond acceptors (Lipinski definition) is 6. The molecule has 22 heavy (non-hydrogen) atoms. The predicted molar refractivity (Wildman–Crippen MR) is 82.0 cm³/mol. The Morgan fingerprint density at radius 3 is 2.59 bits per heavy atom. The predicted octanol–water partition coefficient (Wildman–Crippen LogP) is 1.01. The Bertz CT molecular complexity index is 723. The van der Waals surface area contributed by atoms with Crippen LogP contribution in [0, 0.1) is 20.8 Å². The lowest BCUT2D eigenvalue weighted by atomic mass is 10.2. The monoisotopic (exact) mass is 301 g/mol. The molecule has 2 aromatic rings. The molecule has 7 nitrogen and oxygen atoms in total. The number of nitrogens with one attached hydrogen (secondary N) is 1. The lowest BCUT2D eigenvalue weighted by Gasteiger charge is -2.20. The van der Waals surface area contributed by atoms with E-state index in [0.717, 1.165) is 17.1 Å². The first kappa shape index (κ1) is 14.6. The highest BCUT2D eigenvalue weighted by molar-refractivity contribution is 5.30. The average Bonchev–Trinajstić information content (AvgIpc) is 2.88. The normalized spacial score (nSPS) is 21.0. The summed E-state index contributed by atoms with van der Waals surface area (Å²) in [7, 11) is 0. The Kier molecular flexibility index (Phi) is 3.89. The Hall–Kier alpha value is -2.28. The molecular formula is C15H19N5O2. The maximum atomic E-state index is 12.1. The van der Waals surface area contributed by atoms with Gasteiger partial charge in [0.2, 0.25) is 5.95 Å². The zero-order chi connectivity index (χ0) is 15.7.